The zero-order valence-corrected chi connectivity index (χ0v) is 19.8. The third-order valence-electron chi connectivity index (χ3n) is 5.94. The van der Waals surface area contributed by atoms with Crippen LogP contribution in [0, 0.1) is 20.8 Å². The Kier molecular flexibility index (Phi) is 5.28. The van der Waals surface area contributed by atoms with Crippen molar-refractivity contribution in [3.8, 4) is 11.4 Å². The smallest absolute Gasteiger partial charge is 0.254 e. The molecule has 5 rings (SSSR count). The van der Waals surface area contributed by atoms with Crippen molar-refractivity contribution in [3.63, 3.8) is 0 Å². The molecule has 1 aliphatic rings. The lowest BCUT2D eigenvalue weighted by Gasteiger charge is -2.31. The number of hydrogen-bond acceptors (Lipinski definition) is 6. The highest BCUT2D eigenvalue weighted by Crippen LogP contribution is 2.30. The number of benzene rings is 1. The van der Waals surface area contributed by atoms with Crippen LogP contribution < -0.4 is 0 Å². The first-order valence-corrected chi connectivity index (χ1v) is 11.4. The molecule has 1 aliphatic heterocycles. The number of hydrogen-bond donors (Lipinski definition) is 0. The van der Waals surface area contributed by atoms with Gasteiger partial charge in [0, 0.05) is 34.5 Å². The number of amides is 1. The normalized spacial score (nSPS) is 16.6. The van der Waals surface area contributed by atoms with E-state index in [9.17, 15) is 4.79 Å². The summed E-state index contributed by atoms with van der Waals surface area (Å²) in [6.07, 6.45) is 3.51. The molecule has 32 heavy (non-hydrogen) atoms. The molecule has 1 aromatic carbocycles. The van der Waals surface area contributed by atoms with E-state index in [2.05, 4.69) is 36.2 Å². The summed E-state index contributed by atoms with van der Waals surface area (Å²) < 4.78 is 8.38. The molecule has 0 aliphatic carbocycles. The fraction of sp³-hybridized carbons (Fsp3) is 0.348. The molecule has 8 nitrogen and oxygen atoms in total. The minimum absolute atomic E-state index is 0.00275. The quantitative estimate of drug-likeness (QED) is 0.416. The average Bonchev–Trinajstić information content (AvgIpc) is 3.40. The molecular weight excluding hydrogens is 472 g/mol. The van der Waals surface area contributed by atoms with E-state index < -0.39 is 0 Å². The molecule has 0 N–H and O–H groups in total. The highest BCUT2D eigenvalue weighted by atomic mass is 79.9. The standard InChI is InChI=1S/C23H23BrN6O2/c1-13-9-17(24)6-7-18(13)23(31)29-8-4-5-16(12-29)22-27-20(28-32-22)19-11-25-30-15(3)10-14(2)26-21(19)30/h6-7,9-11,16H,4-5,8,12H2,1-3H3. The number of carbonyl (C=O) groups is 1. The molecule has 0 saturated carbocycles. The molecule has 1 amide bonds. The van der Waals surface area contributed by atoms with Gasteiger partial charge in [-0.2, -0.15) is 10.1 Å². The Balaban J connectivity index is 1.39. The van der Waals surface area contributed by atoms with Crippen molar-refractivity contribution in [2.75, 3.05) is 13.1 Å². The van der Waals surface area contributed by atoms with Gasteiger partial charge in [-0.25, -0.2) is 9.50 Å². The Labute approximate surface area is 193 Å². The van der Waals surface area contributed by atoms with Crippen LogP contribution in [0.4, 0.5) is 0 Å². The lowest BCUT2D eigenvalue weighted by Crippen LogP contribution is -2.39. The van der Waals surface area contributed by atoms with E-state index in [0.717, 1.165) is 51.9 Å². The fourth-order valence-electron chi connectivity index (χ4n) is 4.34. The maximum absolute atomic E-state index is 13.1. The van der Waals surface area contributed by atoms with Crippen molar-refractivity contribution in [2.45, 2.75) is 39.5 Å². The minimum atomic E-state index is 0.00275. The molecule has 164 valence electrons. The zero-order valence-electron chi connectivity index (χ0n) is 18.2. The third-order valence-corrected chi connectivity index (χ3v) is 6.43. The summed E-state index contributed by atoms with van der Waals surface area (Å²) in [7, 11) is 0. The van der Waals surface area contributed by atoms with E-state index in [-0.39, 0.29) is 11.8 Å². The summed E-state index contributed by atoms with van der Waals surface area (Å²) in [5.74, 6) is 1.06. The van der Waals surface area contributed by atoms with E-state index >= 15 is 0 Å². The number of piperidine rings is 1. The second kappa shape index (κ2) is 8.12. The van der Waals surface area contributed by atoms with E-state index in [4.69, 9.17) is 4.52 Å². The van der Waals surface area contributed by atoms with Crippen LogP contribution in [0.25, 0.3) is 17.0 Å². The Morgan fingerprint density at radius 2 is 2.03 bits per heavy atom. The summed E-state index contributed by atoms with van der Waals surface area (Å²) in [5.41, 5.74) is 5.03. The number of nitrogens with zero attached hydrogens (tertiary/aromatic N) is 6. The number of aromatic nitrogens is 5. The predicted octanol–water partition coefficient (Wildman–Crippen LogP) is 4.49. The van der Waals surface area contributed by atoms with Gasteiger partial charge in [-0.05, 0) is 63.4 Å². The fourth-order valence-corrected chi connectivity index (χ4v) is 4.81. The molecule has 1 fully saturated rings. The lowest BCUT2D eigenvalue weighted by molar-refractivity contribution is 0.0695. The van der Waals surface area contributed by atoms with Gasteiger partial charge in [0.05, 0.1) is 17.7 Å². The van der Waals surface area contributed by atoms with Crippen LogP contribution in [0.15, 0.2) is 39.5 Å². The van der Waals surface area contributed by atoms with Gasteiger partial charge < -0.3 is 9.42 Å². The van der Waals surface area contributed by atoms with Gasteiger partial charge in [0.15, 0.2) is 5.65 Å². The van der Waals surface area contributed by atoms with Gasteiger partial charge in [0.1, 0.15) is 0 Å². The van der Waals surface area contributed by atoms with Crippen molar-refractivity contribution in [1.29, 1.82) is 0 Å². The van der Waals surface area contributed by atoms with Crippen LogP contribution in [0.5, 0.6) is 0 Å². The van der Waals surface area contributed by atoms with Gasteiger partial charge in [-0.1, -0.05) is 21.1 Å². The van der Waals surface area contributed by atoms with Gasteiger partial charge in [0.25, 0.3) is 5.91 Å². The Morgan fingerprint density at radius 1 is 1.19 bits per heavy atom. The predicted molar refractivity (Wildman–Crippen MR) is 123 cm³/mol. The van der Waals surface area contributed by atoms with E-state index in [1.807, 2.05) is 49.9 Å². The first kappa shape index (κ1) is 20.8. The number of likely N-dealkylation sites (tertiary alicyclic amines) is 1. The summed E-state index contributed by atoms with van der Waals surface area (Å²) in [4.78, 5) is 24.3. The van der Waals surface area contributed by atoms with E-state index in [1.165, 1.54) is 0 Å². The second-order valence-electron chi connectivity index (χ2n) is 8.34. The number of carbonyl (C=O) groups excluding carboxylic acids is 1. The van der Waals surface area contributed by atoms with Crippen LogP contribution >= 0.6 is 15.9 Å². The Morgan fingerprint density at radius 3 is 2.84 bits per heavy atom. The van der Waals surface area contributed by atoms with Crippen molar-refractivity contribution in [3.05, 3.63) is 63.3 Å². The maximum Gasteiger partial charge on any atom is 0.254 e. The summed E-state index contributed by atoms with van der Waals surface area (Å²) >= 11 is 3.46. The molecule has 1 unspecified atom stereocenters. The monoisotopic (exact) mass is 494 g/mol. The van der Waals surface area contributed by atoms with Gasteiger partial charge >= 0.3 is 0 Å². The number of fused-ring (bicyclic) bond motifs is 1. The molecule has 0 bridgehead atoms. The second-order valence-corrected chi connectivity index (χ2v) is 9.25. The molecule has 3 aromatic heterocycles. The van der Waals surface area contributed by atoms with E-state index in [0.29, 0.717) is 23.9 Å². The van der Waals surface area contributed by atoms with Crippen molar-refractivity contribution in [2.24, 2.45) is 0 Å². The van der Waals surface area contributed by atoms with Crippen LogP contribution in [0.3, 0.4) is 0 Å². The number of aryl methyl sites for hydroxylation is 3. The topological polar surface area (TPSA) is 89.4 Å². The number of rotatable bonds is 3. The molecule has 4 aromatic rings. The average molecular weight is 495 g/mol. The molecule has 1 atom stereocenters. The van der Waals surface area contributed by atoms with Crippen molar-refractivity contribution in [1.82, 2.24) is 29.6 Å². The van der Waals surface area contributed by atoms with Crippen LogP contribution in [-0.4, -0.2) is 48.6 Å². The molecule has 0 radical (unpaired) electrons. The molecule has 0 spiro atoms. The summed E-state index contributed by atoms with van der Waals surface area (Å²) in [6, 6.07) is 7.72. The van der Waals surface area contributed by atoms with Gasteiger partial charge in [-0.15, -0.1) is 0 Å². The Bertz CT molecular complexity index is 1330. The summed E-state index contributed by atoms with van der Waals surface area (Å²) in [6.45, 7) is 7.17. The summed E-state index contributed by atoms with van der Waals surface area (Å²) in [5, 5.41) is 8.62. The molecule has 9 heteroatoms. The van der Waals surface area contributed by atoms with E-state index in [1.54, 1.807) is 10.7 Å². The van der Waals surface area contributed by atoms with Gasteiger partial charge in [0.2, 0.25) is 11.7 Å². The SMILES string of the molecule is Cc1cc(C)n2ncc(-c3noc(C4CCCN(C(=O)c5ccc(Br)cc5C)C4)n3)c2n1. The highest BCUT2D eigenvalue weighted by Gasteiger charge is 2.30. The Hall–Kier alpha value is -3.07. The minimum Gasteiger partial charge on any atom is -0.339 e. The molecule has 4 heterocycles. The van der Waals surface area contributed by atoms with Crippen LogP contribution in [0.2, 0.25) is 0 Å². The number of halogens is 1. The maximum atomic E-state index is 13.1. The van der Waals surface area contributed by atoms with Crippen LogP contribution in [0.1, 0.15) is 52.0 Å². The first-order chi connectivity index (χ1) is 15.4. The zero-order chi connectivity index (χ0) is 22.4. The molecule has 1 saturated heterocycles. The van der Waals surface area contributed by atoms with Gasteiger partial charge in [-0.3, -0.25) is 4.79 Å². The lowest BCUT2D eigenvalue weighted by atomic mass is 9.96. The first-order valence-electron chi connectivity index (χ1n) is 10.6. The third kappa shape index (κ3) is 3.70. The highest BCUT2D eigenvalue weighted by molar-refractivity contribution is 9.10. The van der Waals surface area contributed by atoms with Crippen molar-refractivity contribution >= 4 is 27.5 Å². The molecular formula is C23H23BrN6O2. The van der Waals surface area contributed by atoms with Crippen molar-refractivity contribution < 1.29 is 9.32 Å². The largest absolute Gasteiger partial charge is 0.339 e. The van der Waals surface area contributed by atoms with Crippen LogP contribution in [-0.2, 0) is 0 Å².